The lowest BCUT2D eigenvalue weighted by Crippen LogP contribution is -2.39. The maximum atomic E-state index is 11.7. The molecule has 1 aliphatic carbocycles. The highest BCUT2D eigenvalue weighted by atomic mass is 16.6. The predicted molar refractivity (Wildman–Crippen MR) is 73.5 cm³/mol. The minimum Gasteiger partial charge on any atom is -0.444 e. The van der Waals surface area contributed by atoms with Crippen LogP contribution in [0.25, 0.3) is 0 Å². The summed E-state index contributed by atoms with van der Waals surface area (Å²) in [4.78, 5) is 11.7. The Hall–Kier alpha value is -0.770. The number of carbonyl (C=O) groups is 1. The van der Waals surface area contributed by atoms with Crippen molar-refractivity contribution in [1.29, 1.82) is 0 Å². The second-order valence-corrected chi connectivity index (χ2v) is 6.32. The zero-order valence-corrected chi connectivity index (χ0v) is 12.0. The molecule has 0 radical (unpaired) electrons. The maximum Gasteiger partial charge on any atom is 0.407 e. The normalized spacial score (nSPS) is 26.7. The average molecular weight is 256 g/mol. The molecule has 0 aliphatic heterocycles. The van der Waals surface area contributed by atoms with Gasteiger partial charge in [-0.25, -0.2) is 4.79 Å². The highest BCUT2D eigenvalue weighted by Gasteiger charge is 2.20. The van der Waals surface area contributed by atoms with Crippen LogP contribution in [-0.4, -0.2) is 23.8 Å². The third-order valence-corrected chi connectivity index (χ3v) is 3.23. The molecule has 1 fully saturated rings. The number of nitrogens with one attached hydrogen (secondary N) is 1. The van der Waals surface area contributed by atoms with Crippen molar-refractivity contribution in [3.05, 3.63) is 0 Å². The SMILES string of the molecule is CC(C)(C)OC(=O)NC1CCCCCC(N)CC1. The van der Waals surface area contributed by atoms with E-state index in [2.05, 4.69) is 5.32 Å². The molecule has 2 unspecified atom stereocenters. The molecule has 0 aromatic heterocycles. The monoisotopic (exact) mass is 256 g/mol. The molecule has 0 aromatic rings. The fraction of sp³-hybridized carbons (Fsp3) is 0.929. The van der Waals surface area contributed by atoms with E-state index in [9.17, 15) is 4.79 Å². The average Bonchev–Trinajstić information content (AvgIpc) is 2.30. The highest BCUT2D eigenvalue weighted by molar-refractivity contribution is 5.68. The van der Waals surface area contributed by atoms with Crippen molar-refractivity contribution in [3.8, 4) is 0 Å². The lowest BCUT2D eigenvalue weighted by atomic mass is 10.0. The Morgan fingerprint density at radius 3 is 2.44 bits per heavy atom. The smallest absolute Gasteiger partial charge is 0.407 e. The predicted octanol–water partition coefficient (Wildman–Crippen LogP) is 2.95. The van der Waals surface area contributed by atoms with Gasteiger partial charge in [0.1, 0.15) is 5.60 Å². The van der Waals surface area contributed by atoms with Crippen molar-refractivity contribution in [2.45, 2.75) is 83.4 Å². The first-order chi connectivity index (χ1) is 8.37. The van der Waals surface area contributed by atoms with E-state index in [1.165, 1.54) is 12.8 Å². The Balaban J connectivity index is 2.40. The minimum atomic E-state index is -0.432. The van der Waals surface area contributed by atoms with Crippen LogP contribution in [0, 0.1) is 0 Å². The summed E-state index contributed by atoms with van der Waals surface area (Å²) in [6, 6.07) is 0.495. The van der Waals surface area contributed by atoms with Gasteiger partial charge >= 0.3 is 6.09 Å². The number of alkyl carbamates (subject to hydrolysis) is 1. The first-order valence-corrected chi connectivity index (χ1v) is 7.12. The Morgan fingerprint density at radius 1 is 1.11 bits per heavy atom. The molecule has 4 heteroatoms. The van der Waals surface area contributed by atoms with E-state index < -0.39 is 5.60 Å². The number of hydrogen-bond donors (Lipinski definition) is 2. The van der Waals surface area contributed by atoms with E-state index in [0.717, 1.165) is 32.1 Å². The Labute approximate surface area is 111 Å². The minimum absolute atomic E-state index is 0.212. The van der Waals surface area contributed by atoms with E-state index >= 15 is 0 Å². The van der Waals surface area contributed by atoms with E-state index in [1.54, 1.807) is 0 Å². The molecular formula is C14H28N2O2. The molecule has 0 aromatic carbocycles. The zero-order valence-electron chi connectivity index (χ0n) is 12.0. The van der Waals surface area contributed by atoms with Gasteiger partial charge in [0.15, 0.2) is 0 Å². The Bertz CT molecular complexity index is 261. The van der Waals surface area contributed by atoms with Crippen LogP contribution >= 0.6 is 0 Å². The summed E-state index contributed by atoms with van der Waals surface area (Å²) in [5.41, 5.74) is 5.59. The molecule has 1 aliphatic rings. The van der Waals surface area contributed by atoms with Crippen LogP contribution in [0.4, 0.5) is 4.79 Å². The zero-order chi connectivity index (χ0) is 13.6. The molecule has 0 bridgehead atoms. The lowest BCUT2D eigenvalue weighted by Gasteiger charge is -2.23. The van der Waals surface area contributed by atoms with E-state index in [0.29, 0.717) is 0 Å². The van der Waals surface area contributed by atoms with Gasteiger partial charge in [0.2, 0.25) is 0 Å². The van der Waals surface area contributed by atoms with Crippen LogP contribution in [-0.2, 0) is 4.74 Å². The first kappa shape index (κ1) is 15.3. The molecule has 18 heavy (non-hydrogen) atoms. The quantitative estimate of drug-likeness (QED) is 0.758. The van der Waals surface area contributed by atoms with Gasteiger partial charge in [-0.15, -0.1) is 0 Å². The van der Waals surface area contributed by atoms with E-state index in [-0.39, 0.29) is 18.2 Å². The summed E-state index contributed by atoms with van der Waals surface area (Å²) in [6.07, 6.45) is 7.36. The molecule has 0 spiro atoms. The van der Waals surface area contributed by atoms with Crippen molar-refractivity contribution in [2.75, 3.05) is 0 Å². The van der Waals surface area contributed by atoms with Gasteiger partial charge in [-0.3, -0.25) is 0 Å². The van der Waals surface area contributed by atoms with Crippen LogP contribution in [0.2, 0.25) is 0 Å². The molecule has 0 saturated heterocycles. The maximum absolute atomic E-state index is 11.7. The number of rotatable bonds is 1. The summed E-state index contributed by atoms with van der Waals surface area (Å²) in [5.74, 6) is 0. The van der Waals surface area contributed by atoms with Crippen molar-refractivity contribution >= 4 is 6.09 Å². The highest BCUT2D eigenvalue weighted by Crippen LogP contribution is 2.17. The molecular weight excluding hydrogens is 228 g/mol. The van der Waals surface area contributed by atoms with Gasteiger partial charge in [0, 0.05) is 12.1 Å². The van der Waals surface area contributed by atoms with Crippen LogP contribution in [0.15, 0.2) is 0 Å². The van der Waals surface area contributed by atoms with Crippen LogP contribution < -0.4 is 11.1 Å². The van der Waals surface area contributed by atoms with Gasteiger partial charge in [-0.2, -0.15) is 0 Å². The number of carbonyl (C=O) groups excluding carboxylic acids is 1. The van der Waals surface area contributed by atoms with Gasteiger partial charge in [-0.1, -0.05) is 19.3 Å². The summed E-state index contributed by atoms with van der Waals surface area (Å²) in [7, 11) is 0. The van der Waals surface area contributed by atoms with E-state index in [1.807, 2.05) is 20.8 Å². The van der Waals surface area contributed by atoms with Crippen molar-refractivity contribution in [3.63, 3.8) is 0 Å². The standard InChI is InChI=1S/C14H28N2O2/c1-14(2,3)18-13(17)16-12-8-6-4-5-7-11(15)9-10-12/h11-12H,4-10,15H2,1-3H3,(H,16,17). The molecule has 2 atom stereocenters. The second-order valence-electron chi connectivity index (χ2n) is 6.32. The molecule has 1 rings (SSSR count). The van der Waals surface area contributed by atoms with Gasteiger partial charge < -0.3 is 15.8 Å². The fourth-order valence-corrected chi connectivity index (χ4v) is 2.30. The Kier molecular flexibility index (Phi) is 5.93. The molecule has 0 heterocycles. The molecule has 4 nitrogen and oxygen atoms in total. The van der Waals surface area contributed by atoms with Crippen LogP contribution in [0.1, 0.15) is 65.7 Å². The van der Waals surface area contributed by atoms with Gasteiger partial charge in [-0.05, 0) is 46.5 Å². The molecule has 1 saturated carbocycles. The molecule has 106 valence electrons. The lowest BCUT2D eigenvalue weighted by molar-refractivity contribution is 0.0498. The summed E-state index contributed by atoms with van der Waals surface area (Å²) in [6.45, 7) is 5.64. The topological polar surface area (TPSA) is 64.3 Å². The molecule has 3 N–H and O–H groups in total. The second kappa shape index (κ2) is 6.98. The van der Waals surface area contributed by atoms with Crippen molar-refractivity contribution in [2.24, 2.45) is 5.73 Å². The van der Waals surface area contributed by atoms with Crippen molar-refractivity contribution < 1.29 is 9.53 Å². The van der Waals surface area contributed by atoms with Crippen LogP contribution in [0.3, 0.4) is 0 Å². The third kappa shape index (κ3) is 6.84. The number of ether oxygens (including phenoxy) is 1. The van der Waals surface area contributed by atoms with Crippen molar-refractivity contribution in [1.82, 2.24) is 5.32 Å². The Morgan fingerprint density at radius 2 is 1.78 bits per heavy atom. The number of hydrogen-bond acceptors (Lipinski definition) is 3. The summed E-state index contributed by atoms with van der Waals surface area (Å²) in [5, 5.41) is 2.97. The van der Waals surface area contributed by atoms with Crippen LogP contribution in [0.5, 0.6) is 0 Å². The number of amides is 1. The van der Waals surface area contributed by atoms with Gasteiger partial charge in [0.25, 0.3) is 0 Å². The molecule has 1 amide bonds. The number of nitrogens with two attached hydrogens (primary N) is 1. The fourth-order valence-electron chi connectivity index (χ4n) is 2.30. The largest absolute Gasteiger partial charge is 0.444 e. The van der Waals surface area contributed by atoms with Gasteiger partial charge in [0.05, 0.1) is 0 Å². The third-order valence-electron chi connectivity index (χ3n) is 3.23. The summed E-state index contributed by atoms with van der Waals surface area (Å²) >= 11 is 0. The van der Waals surface area contributed by atoms with E-state index in [4.69, 9.17) is 10.5 Å². The first-order valence-electron chi connectivity index (χ1n) is 7.12. The summed E-state index contributed by atoms with van der Waals surface area (Å²) < 4.78 is 5.29.